The molecule has 2 rings (SSSR count). The topological polar surface area (TPSA) is 73.1 Å². The molecule has 1 aliphatic rings. The molecule has 0 fully saturated rings. The molecule has 0 aliphatic heterocycles. The Hall–Kier alpha value is -1.36. The first-order valence-electron chi connectivity index (χ1n) is 5.73. The molecule has 0 saturated carbocycles. The van der Waals surface area contributed by atoms with Crippen molar-refractivity contribution in [2.75, 3.05) is 25.5 Å². The minimum atomic E-state index is 0.658. The number of nitrogens with two attached hydrogens (primary N) is 1. The first kappa shape index (κ1) is 11.1. The van der Waals surface area contributed by atoms with Gasteiger partial charge in [-0.2, -0.15) is 4.98 Å². The van der Waals surface area contributed by atoms with E-state index in [1.165, 1.54) is 5.56 Å². The third-order valence-corrected chi connectivity index (χ3v) is 2.75. The molecule has 0 unspecified atom stereocenters. The average Bonchev–Trinajstić information content (AvgIpc) is 2.76. The van der Waals surface area contributed by atoms with E-state index < -0.39 is 0 Å². The number of nitrogens with zero attached hydrogens (tertiary/aromatic N) is 2. The van der Waals surface area contributed by atoms with Gasteiger partial charge >= 0.3 is 0 Å². The number of ether oxygens (including phenoxy) is 1. The fourth-order valence-electron chi connectivity index (χ4n) is 1.95. The summed E-state index contributed by atoms with van der Waals surface area (Å²) in [7, 11) is 1.66. The highest BCUT2D eigenvalue weighted by Gasteiger charge is 2.19. The van der Waals surface area contributed by atoms with Gasteiger partial charge in [-0.05, 0) is 32.2 Å². The molecule has 3 N–H and O–H groups in total. The SMILES string of the molecule is COc1nc(NCCCN)nc2c1CCC2. The molecule has 5 nitrogen and oxygen atoms in total. The van der Waals surface area contributed by atoms with Crippen LogP contribution in [0.3, 0.4) is 0 Å². The number of hydrogen-bond acceptors (Lipinski definition) is 5. The second kappa shape index (κ2) is 5.12. The van der Waals surface area contributed by atoms with Crippen molar-refractivity contribution in [2.45, 2.75) is 25.7 Å². The minimum Gasteiger partial charge on any atom is -0.481 e. The normalized spacial score (nSPS) is 13.6. The van der Waals surface area contributed by atoms with Gasteiger partial charge in [0.1, 0.15) is 0 Å². The zero-order chi connectivity index (χ0) is 11.4. The van der Waals surface area contributed by atoms with E-state index >= 15 is 0 Å². The maximum absolute atomic E-state index is 5.43. The Morgan fingerprint density at radius 3 is 3.00 bits per heavy atom. The second-order valence-electron chi connectivity index (χ2n) is 3.90. The zero-order valence-electron chi connectivity index (χ0n) is 9.62. The summed E-state index contributed by atoms with van der Waals surface area (Å²) in [6.45, 7) is 1.48. The van der Waals surface area contributed by atoms with Gasteiger partial charge in [-0.3, -0.25) is 0 Å². The number of aryl methyl sites for hydroxylation is 1. The summed E-state index contributed by atoms with van der Waals surface area (Å²) in [4.78, 5) is 8.84. The standard InChI is InChI=1S/C11H18N4O/c1-16-10-8-4-2-5-9(8)14-11(15-10)13-7-3-6-12/h2-7,12H2,1H3,(H,13,14,15). The second-order valence-corrected chi connectivity index (χ2v) is 3.90. The van der Waals surface area contributed by atoms with E-state index in [9.17, 15) is 0 Å². The Morgan fingerprint density at radius 1 is 1.38 bits per heavy atom. The minimum absolute atomic E-state index is 0.658. The highest BCUT2D eigenvalue weighted by Crippen LogP contribution is 2.28. The Kier molecular flexibility index (Phi) is 3.56. The highest BCUT2D eigenvalue weighted by molar-refractivity contribution is 5.40. The number of nitrogens with one attached hydrogen (secondary N) is 1. The summed E-state index contributed by atoms with van der Waals surface area (Å²) < 4.78 is 5.29. The van der Waals surface area contributed by atoms with Crippen molar-refractivity contribution >= 4 is 5.95 Å². The zero-order valence-corrected chi connectivity index (χ0v) is 9.62. The summed E-state index contributed by atoms with van der Waals surface area (Å²) in [5, 5.41) is 3.17. The number of fused-ring (bicyclic) bond motifs is 1. The summed E-state index contributed by atoms with van der Waals surface area (Å²) in [5.74, 6) is 1.38. The number of aromatic nitrogens is 2. The Bertz CT molecular complexity index is 367. The molecule has 0 radical (unpaired) electrons. The third-order valence-electron chi connectivity index (χ3n) is 2.75. The lowest BCUT2D eigenvalue weighted by Gasteiger charge is -2.09. The maximum atomic E-state index is 5.43. The lowest BCUT2D eigenvalue weighted by Crippen LogP contribution is -2.12. The van der Waals surface area contributed by atoms with Gasteiger partial charge < -0.3 is 15.8 Å². The maximum Gasteiger partial charge on any atom is 0.226 e. The van der Waals surface area contributed by atoms with Crippen LogP contribution in [0.15, 0.2) is 0 Å². The van der Waals surface area contributed by atoms with E-state index in [2.05, 4.69) is 15.3 Å². The molecule has 1 aromatic heterocycles. The molecular weight excluding hydrogens is 204 g/mol. The van der Waals surface area contributed by atoms with Gasteiger partial charge in [0.25, 0.3) is 0 Å². The van der Waals surface area contributed by atoms with Gasteiger partial charge in [-0.1, -0.05) is 0 Å². The predicted molar refractivity (Wildman–Crippen MR) is 62.8 cm³/mol. The number of rotatable bonds is 5. The quantitative estimate of drug-likeness (QED) is 0.719. The molecule has 16 heavy (non-hydrogen) atoms. The van der Waals surface area contributed by atoms with Crippen LogP contribution in [0.25, 0.3) is 0 Å². The molecule has 0 spiro atoms. The van der Waals surface area contributed by atoms with Crippen molar-refractivity contribution in [3.63, 3.8) is 0 Å². The Morgan fingerprint density at radius 2 is 2.25 bits per heavy atom. The van der Waals surface area contributed by atoms with Crippen LogP contribution in [0.2, 0.25) is 0 Å². The molecule has 0 atom stereocenters. The summed E-state index contributed by atoms with van der Waals surface area (Å²) >= 11 is 0. The molecule has 1 aromatic rings. The van der Waals surface area contributed by atoms with Crippen LogP contribution in [0.1, 0.15) is 24.1 Å². The lowest BCUT2D eigenvalue weighted by molar-refractivity contribution is 0.392. The fourth-order valence-corrected chi connectivity index (χ4v) is 1.95. The van der Waals surface area contributed by atoms with Crippen molar-refractivity contribution in [3.05, 3.63) is 11.3 Å². The van der Waals surface area contributed by atoms with E-state index in [-0.39, 0.29) is 0 Å². The van der Waals surface area contributed by atoms with Gasteiger partial charge in [0.15, 0.2) is 0 Å². The summed E-state index contributed by atoms with van der Waals surface area (Å²) in [5.41, 5.74) is 7.73. The van der Waals surface area contributed by atoms with Crippen LogP contribution in [0.4, 0.5) is 5.95 Å². The van der Waals surface area contributed by atoms with Crippen LogP contribution >= 0.6 is 0 Å². The molecule has 0 saturated heterocycles. The van der Waals surface area contributed by atoms with E-state index in [1.807, 2.05) is 0 Å². The third kappa shape index (κ3) is 2.24. The first-order valence-corrected chi connectivity index (χ1v) is 5.73. The van der Waals surface area contributed by atoms with Crippen LogP contribution in [-0.2, 0) is 12.8 Å². The Labute approximate surface area is 95.4 Å². The van der Waals surface area contributed by atoms with Gasteiger partial charge in [0.2, 0.25) is 11.8 Å². The molecule has 0 amide bonds. The van der Waals surface area contributed by atoms with Gasteiger partial charge in [-0.15, -0.1) is 0 Å². The smallest absolute Gasteiger partial charge is 0.226 e. The lowest BCUT2D eigenvalue weighted by atomic mass is 10.2. The molecular formula is C11H18N4O. The molecule has 5 heteroatoms. The van der Waals surface area contributed by atoms with Crippen molar-refractivity contribution in [1.29, 1.82) is 0 Å². The summed E-state index contributed by atoms with van der Waals surface area (Å²) in [6.07, 6.45) is 4.12. The number of anilines is 1. The largest absolute Gasteiger partial charge is 0.481 e. The van der Waals surface area contributed by atoms with Crippen molar-refractivity contribution < 1.29 is 4.74 Å². The molecule has 88 valence electrons. The molecule has 0 aromatic carbocycles. The van der Waals surface area contributed by atoms with Crippen LogP contribution in [0.5, 0.6) is 5.88 Å². The number of methoxy groups -OCH3 is 1. The Balaban J connectivity index is 2.14. The monoisotopic (exact) mass is 222 g/mol. The van der Waals surface area contributed by atoms with E-state index in [4.69, 9.17) is 10.5 Å². The molecule has 1 heterocycles. The van der Waals surface area contributed by atoms with Crippen molar-refractivity contribution in [3.8, 4) is 5.88 Å². The van der Waals surface area contributed by atoms with Gasteiger partial charge in [0.05, 0.1) is 12.8 Å². The number of hydrogen-bond donors (Lipinski definition) is 2. The van der Waals surface area contributed by atoms with Gasteiger partial charge in [0, 0.05) is 12.1 Å². The molecule has 1 aliphatic carbocycles. The summed E-state index contributed by atoms with van der Waals surface area (Å²) in [6, 6.07) is 0. The average molecular weight is 222 g/mol. The van der Waals surface area contributed by atoms with Crippen molar-refractivity contribution in [1.82, 2.24) is 9.97 Å². The van der Waals surface area contributed by atoms with Crippen LogP contribution < -0.4 is 15.8 Å². The van der Waals surface area contributed by atoms with Crippen molar-refractivity contribution in [2.24, 2.45) is 5.73 Å². The molecule has 0 bridgehead atoms. The highest BCUT2D eigenvalue weighted by atomic mass is 16.5. The van der Waals surface area contributed by atoms with Crippen LogP contribution in [-0.4, -0.2) is 30.2 Å². The predicted octanol–water partition coefficient (Wildman–Crippen LogP) is 0.735. The van der Waals surface area contributed by atoms with E-state index in [1.54, 1.807) is 7.11 Å². The fraction of sp³-hybridized carbons (Fsp3) is 0.636. The van der Waals surface area contributed by atoms with E-state index in [0.29, 0.717) is 12.5 Å². The van der Waals surface area contributed by atoms with Crippen LogP contribution in [0, 0.1) is 0 Å². The van der Waals surface area contributed by atoms with Gasteiger partial charge in [-0.25, -0.2) is 4.98 Å². The first-order chi connectivity index (χ1) is 7.85. The van der Waals surface area contributed by atoms with E-state index in [0.717, 1.165) is 43.8 Å².